The van der Waals surface area contributed by atoms with E-state index < -0.39 is 10.0 Å². The molecule has 1 rings (SSSR count). The van der Waals surface area contributed by atoms with Crippen LogP contribution in [0.15, 0.2) is 23.1 Å². The Balaban J connectivity index is 2.72. The third-order valence-corrected chi connectivity index (χ3v) is 3.92. The van der Waals surface area contributed by atoms with Gasteiger partial charge in [-0.1, -0.05) is 0 Å². The number of sulfonamides is 1. The highest BCUT2D eigenvalue weighted by Gasteiger charge is 2.16. The maximum absolute atomic E-state index is 12.0. The lowest BCUT2D eigenvalue weighted by atomic mass is 10.3. The highest BCUT2D eigenvalue weighted by molar-refractivity contribution is 7.89. The first-order valence-corrected chi connectivity index (χ1v) is 7.53. The number of hydrogen-bond donors (Lipinski definition) is 2. The lowest BCUT2D eigenvalue weighted by molar-refractivity contribution is 0.147. The minimum atomic E-state index is -3.60. The first kappa shape index (κ1) is 16.7. The Kier molecular flexibility index (Phi) is 6.73. The van der Waals surface area contributed by atoms with Crippen molar-refractivity contribution in [3.8, 4) is 11.5 Å². The van der Waals surface area contributed by atoms with E-state index in [1.165, 1.54) is 32.4 Å². The predicted molar refractivity (Wildman–Crippen MR) is 74.6 cm³/mol. The number of rotatable bonds is 9. The van der Waals surface area contributed by atoms with Gasteiger partial charge in [-0.15, -0.1) is 0 Å². The second kappa shape index (κ2) is 8.05. The largest absolute Gasteiger partial charge is 0.493 e. The summed E-state index contributed by atoms with van der Waals surface area (Å²) in [7, 11) is -0.670. The zero-order valence-electron chi connectivity index (χ0n) is 11.6. The van der Waals surface area contributed by atoms with Crippen molar-refractivity contribution >= 4 is 10.0 Å². The number of nitrogens with two attached hydrogens (primary N) is 1. The Morgan fingerprint density at radius 3 is 2.45 bits per heavy atom. The van der Waals surface area contributed by atoms with Crippen molar-refractivity contribution in [1.82, 2.24) is 4.72 Å². The number of methoxy groups -OCH3 is 2. The fourth-order valence-electron chi connectivity index (χ4n) is 1.50. The van der Waals surface area contributed by atoms with E-state index in [2.05, 4.69) is 4.72 Å². The van der Waals surface area contributed by atoms with Gasteiger partial charge in [0, 0.05) is 19.2 Å². The molecule has 0 atom stereocenters. The topological polar surface area (TPSA) is 99.9 Å². The molecule has 0 aromatic heterocycles. The normalized spacial score (nSPS) is 11.3. The third kappa shape index (κ3) is 4.64. The van der Waals surface area contributed by atoms with Crippen LogP contribution in [0, 0.1) is 0 Å². The molecular formula is C12H20N2O5S. The molecule has 1 aromatic carbocycles. The lowest BCUT2D eigenvalue weighted by Crippen LogP contribution is -2.28. The van der Waals surface area contributed by atoms with E-state index in [1.54, 1.807) is 0 Å². The summed E-state index contributed by atoms with van der Waals surface area (Å²) < 4.78 is 41.8. The first-order valence-electron chi connectivity index (χ1n) is 6.04. The van der Waals surface area contributed by atoms with Gasteiger partial charge in [0.2, 0.25) is 10.0 Å². The molecule has 0 saturated heterocycles. The molecule has 0 aliphatic carbocycles. The van der Waals surface area contributed by atoms with Crippen LogP contribution in [0.2, 0.25) is 0 Å². The molecule has 0 amide bonds. The van der Waals surface area contributed by atoms with Gasteiger partial charge in [-0.2, -0.15) is 0 Å². The highest BCUT2D eigenvalue weighted by Crippen LogP contribution is 2.29. The molecule has 8 heteroatoms. The first-order chi connectivity index (χ1) is 9.55. The molecule has 0 unspecified atom stereocenters. The molecule has 114 valence electrons. The summed E-state index contributed by atoms with van der Waals surface area (Å²) in [5.41, 5.74) is 5.26. The van der Waals surface area contributed by atoms with Gasteiger partial charge in [0.1, 0.15) is 0 Å². The SMILES string of the molecule is COc1ccc(S(=O)(=O)NCCOCCN)cc1OC. The summed E-state index contributed by atoms with van der Waals surface area (Å²) in [4.78, 5) is 0.106. The molecule has 1 aromatic rings. The lowest BCUT2D eigenvalue weighted by Gasteiger charge is -2.11. The fraction of sp³-hybridized carbons (Fsp3) is 0.500. The molecule has 0 aliphatic heterocycles. The van der Waals surface area contributed by atoms with Crippen molar-refractivity contribution in [2.75, 3.05) is 40.5 Å². The van der Waals surface area contributed by atoms with Crippen molar-refractivity contribution in [2.24, 2.45) is 5.73 Å². The fourth-order valence-corrected chi connectivity index (χ4v) is 2.53. The van der Waals surface area contributed by atoms with E-state index in [-0.39, 0.29) is 18.0 Å². The summed E-state index contributed by atoms with van der Waals surface area (Å²) in [6.07, 6.45) is 0. The zero-order valence-corrected chi connectivity index (χ0v) is 12.4. The summed E-state index contributed by atoms with van der Waals surface area (Å²) in [5, 5.41) is 0. The molecule has 7 nitrogen and oxygen atoms in total. The minimum absolute atomic E-state index is 0.106. The second-order valence-corrected chi connectivity index (χ2v) is 5.58. The molecule has 0 bridgehead atoms. The van der Waals surface area contributed by atoms with Crippen LogP contribution in [0.3, 0.4) is 0 Å². The number of ether oxygens (including phenoxy) is 3. The molecule has 0 aliphatic rings. The minimum Gasteiger partial charge on any atom is -0.493 e. The Bertz CT molecular complexity index is 519. The summed E-state index contributed by atoms with van der Waals surface area (Å²) in [5.74, 6) is 0.826. The van der Waals surface area contributed by atoms with Crippen LogP contribution in [0.5, 0.6) is 11.5 Å². The number of hydrogen-bond acceptors (Lipinski definition) is 6. The Labute approximate surface area is 119 Å². The smallest absolute Gasteiger partial charge is 0.240 e. The summed E-state index contributed by atoms with van der Waals surface area (Å²) >= 11 is 0. The molecule has 0 radical (unpaired) electrons. The Hall–Kier alpha value is -1.35. The standard InChI is InChI=1S/C12H20N2O5S/c1-17-11-4-3-10(9-12(11)18-2)20(15,16)14-6-8-19-7-5-13/h3-4,9,14H,5-8,13H2,1-2H3. The van der Waals surface area contributed by atoms with Crippen molar-refractivity contribution < 1.29 is 22.6 Å². The van der Waals surface area contributed by atoms with Gasteiger partial charge in [-0.3, -0.25) is 0 Å². The van der Waals surface area contributed by atoms with Crippen LogP contribution in [0.4, 0.5) is 0 Å². The highest BCUT2D eigenvalue weighted by atomic mass is 32.2. The van der Waals surface area contributed by atoms with E-state index >= 15 is 0 Å². The maximum atomic E-state index is 12.0. The zero-order chi connectivity index (χ0) is 15.0. The number of nitrogens with one attached hydrogen (secondary N) is 1. The molecule has 20 heavy (non-hydrogen) atoms. The van der Waals surface area contributed by atoms with Crippen LogP contribution in [0.1, 0.15) is 0 Å². The van der Waals surface area contributed by atoms with E-state index in [0.29, 0.717) is 24.7 Å². The van der Waals surface area contributed by atoms with Gasteiger partial charge in [0.15, 0.2) is 11.5 Å². The molecule has 0 heterocycles. The number of benzene rings is 1. The van der Waals surface area contributed by atoms with Crippen molar-refractivity contribution in [1.29, 1.82) is 0 Å². The molecular weight excluding hydrogens is 284 g/mol. The van der Waals surface area contributed by atoms with Crippen molar-refractivity contribution in [3.63, 3.8) is 0 Å². The average molecular weight is 304 g/mol. The van der Waals surface area contributed by atoms with Gasteiger partial charge < -0.3 is 19.9 Å². The van der Waals surface area contributed by atoms with Gasteiger partial charge in [0.25, 0.3) is 0 Å². The van der Waals surface area contributed by atoms with Crippen LogP contribution in [-0.4, -0.2) is 48.9 Å². The van der Waals surface area contributed by atoms with Crippen LogP contribution in [-0.2, 0) is 14.8 Å². The van der Waals surface area contributed by atoms with E-state index in [9.17, 15) is 8.42 Å². The van der Waals surface area contributed by atoms with Crippen molar-refractivity contribution in [3.05, 3.63) is 18.2 Å². The van der Waals surface area contributed by atoms with Gasteiger partial charge in [-0.25, -0.2) is 13.1 Å². The van der Waals surface area contributed by atoms with E-state index in [1.807, 2.05) is 0 Å². The average Bonchev–Trinajstić information content (AvgIpc) is 2.46. The van der Waals surface area contributed by atoms with Crippen LogP contribution >= 0.6 is 0 Å². The summed E-state index contributed by atoms with van der Waals surface area (Å²) in [6.45, 7) is 1.25. The third-order valence-electron chi connectivity index (χ3n) is 2.47. The molecule has 0 fully saturated rings. The van der Waals surface area contributed by atoms with Gasteiger partial charge in [0.05, 0.1) is 32.3 Å². The van der Waals surface area contributed by atoms with E-state index in [4.69, 9.17) is 19.9 Å². The monoisotopic (exact) mass is 304 g/mol. The van der Waals surface area contributed by atoms with Gasteiger partial charge in [-0.05, 0) is 12.1 Å². The Morgan fingerprint density at radius 2 is 1.85 bits per heavy atom. The van der Waals surface area contributed by atoms with Crippen molar-refractivity contribution in [2.45, 2.75) is 4.90 Å². The predicted octanol–water partition coefficient (Wildman–Crippen LogP) is -0.0426. The van der Waals surface area contributed by atoms with Gasteiger partial charge >= 0.3 is 0 Å². The molecule has 0 spiro atoms. The van der Waals surface area contributed by atoms with Crippen LogP contribution in [0.25, 0.3) is 0 Å². The second-order valence-electron chi connectivity index (χ2n) is 3.82. The molecule has 3 N–H and O–H groups in total. The Morgan fingerprint density at radius 1 is 1.15 bits per heavy atom. The molecule has 0 saturated carbocycles. The summed E-state index contributed by atoms with van der Waals surface area (Å²) in [6, 6.07) is 4.39. The van der Waals surface area contributed by atoms with E-state index in [0.717, 1.165) is 0 Å². The maximum Gasteiger partial charge on any atom is 0.240 e. The quantitative estimate of drug-likeness (QED) is 0.621. The van der Waals surface area contributed by atoms with Crippen LogP contribution < -0.4 is 19.9 Å².